The molecule has 3 rings (SSSR count). The van der Waals surface area contributed by atoms with Gasteiger partial charge in [0.05, 0.1) is 4.20 Å². The molecule has 0 N–H and O–H groups in total. The summed E-state index contributed by atoms with van der Waals surface area (Å²) in [4.78, 5) is 1.25. The summed E-state index contributed by atoms with van der Waals surface area (Å²) in [5.74, 6) is -0.189. The van der Waals surface area contributed by atoms with Gasteiger partial charge in [0, 0.05) is 31.7 Å². The van der Waals surface area contributed by atoms with Crippen LogP contribution in [0.4, 0.5) is 4.39 Å². The summed E-state index contributed by atoms with van der Waals surface area (Å²) in [6.45, 7) is 0.121. The van der Waals surface area contributed by atoms with Crippen LogP contribution in [-0.4, -0.2) is 10.5 Å². The van der Waals surface area contributed by atoms with Crippen LogP contribution in [-0.2, 0) is 0 Å². The van der Waals surface area contributed by atoms with Crippen molar-refractivity contribution in [3.8, 4) is 0 Å². The smallest absolute Gasteiger partial charge is 0.123 e. The molecule has 2 aromatic carbocycles. The van der Waals surface area contributed by atoms with Gasteiger partial charge in [0.2, 0.25) is 0 Å². The molecule has 0 fully saturated rings. The van der Waals surface area contributed by atoms with Gasteiger partial charge in [-0.05, 0) is 36.2 Å². The highest BCUT2D eigenvalue weighted by Gasteiger charge is 2.25. The lowest BCUT2D eigenvalue weighted by atomic mass is 10.0. The van der Waals surface area contributed by atoms with Crippen molar-refractivity contribution in [3.63, 3.8) is 0 Å². The van der Waals surface area contributed by atoms with Gasteiger partial charge in [-0.2, -0.15) is 0 Å². The van der Waals surface area contributed by atoms with E-state index in [1.807, 2.05) is 40.8 Å². The quantitative estimate of drug-likeness (QED) is 0.295. The highest BCUT2D eigenvalue weighted by atomic mass is 127. The molecule has 1 aliphatic rings. The van der Waals surface area contributed by atoms with Gasteiger partial charge < -0.3 is 0 Å². The Kier molecular flexibility index (Phi) is 5.14. The summed E-state index contributed by atoms with van der Waals surface area (Å²) in [6, 6.07) is 17.3. The summed E-state index contributed by atoms with van der Waals surface area (Å²) < 4.78 is 14.6. The van der Waals surface area contributed by atoms with Crippen LogP contribution in [0.15, 0.2) is 54.6 Å². The Morgan fingerprint density at radius 2 is 1.67 bits per heavy atom. The van der Waals surface area contributed by atoms with Gasteiger partial charge >= 0.3 is 0 Å². The summed E-state index contributed by atoms with van der Waals surface area (Å²) in [5.41, 5.74) is 3.64. The van der Waals surface area contributed by atoms with E-state index in [-0.39, 0.29) is 12.5 Å². The molecule has 2 aromatic rings. The molecule has 1 atom stereocenters. The van der Waals surface area contributed by atoms with E-state index in [1.165, 1.54) is 32.4 Å². The maximum atomic E-state index is 13.2. The van der Waals surface area contributed by atoms with Crippen LogP contribution in [0.5, 0.6) is 0 Å². The van der Waals surface area contributed by atoms with E-state index in [0.717, 1.165) is 5.56 Å². The van der Waals surface area contributed by atoms with Gasteiger partial charge in [0.25, 0.3) is 0 Å². The fourth-order valence-electron chi connectivity index (χ4n) is 2.14. The average Bonchev–Trinajstić information content (AvgIpc) is 2.85. The summed E-state index contributed by atoms with van der Waals surface area (Å²) in [5, 5.41) is 0. The zero-order chi connectivity index (χ0) is 14.8. The van der Waals surface area contributed by atoms with Gasteiger partial charge in [0.15, 0.2) is 0 Å². The first-order valence-corrected chi connectivity index (χ1v) is 12.6. The number of hydrogen-bond acceptors (Lipinski definition) is 2. The molecular weight excluding hydrogens is 434 g/mol. The van der Waals surface area contributed by atoms with Crippen molar-refractivity contribution >= 4 is 65.1 Å². The number of rotatable bonds is 2. The molecule has 0 saturated heterocycles. The van der Waals surface area contributed by atoms with Gasteiger partial charge in [-0.25, -0.2) is 4.39 Å². The number of thioether (sulfide) groups is 1. The first-order valence-electron chi connectivity index (χ1n) is 6.26. The minimum absolute atomic E-state index is 0.121. The maximum Gasteiger partial charge on any atom is 0.123 e. The Hall–Kier alpha value is -0.240. The van der Waals surface area contributed by atoms with E-state index in [4.69, 9.17) is 0 Å². The Bertz CT molecular complexity index is 721. The fourth-order valence-corrected chi connectivity index (χ4v) is 10.6. The molecule has 0 spiro atoms. The molecule has 0 aromatic heterocycles. The summed E-state index contributed by atoms with van der Waals surface area (Å²) >= 11 is 4.32. The van der Waals surface area contributed by atoms with E-state index in [9.17, 15) is 4.39 Å². The van der Waals surface area contributed by atoms with Crippen molar-refractivity contribution in [1.29, 1.82) is 0 Å². The molecule has 1 unspecified atom stereocenters. The predicted molar refractivity (Wildman–Crippen MR) is 107 cm³/mol. The molecular formula is C16H12FIS3. The largest absolute Gasteiger partial charge is 0.207 e. The van der Waals surface area contributed by atoms with Crippen molar-refractivity contribution in [1.82, 2.24) is 0 Å². The minimum Gasteiger partial charge on any atom is -0.207 e. The van der Waals surface area contributed by atoms with Gasteiger partial charge in [0.1, 0.15) is 5.82 Å². The molecule has 0 aliphatic carbocycles. The minimum atomic E-state index is -0.189. The molecule has 108 valence electrons. The van der Waals surface area contributed by atoms with Crippen LogP contribution >= 0.6 is 50.4 Å². The van der Waals surface area contributed by atoms with Crippen molar-refractivity contribution < 1.29 is 4.39 Å². The SMILES string of the molecule is CSC1=S(I)SC(c2ccc(F)cc2)=C1c1ccccc1. The predicted octanol–water partition coefficient (Wildman–Crippen LogP) is 6.47. The fraction of sp³-hybridized carbons (Fsp3) is 0.0625. The lowest BCUT2D eigenvalue weighted by Crippen LogP contribution is -1.95. The third-order valence-corrected chi connectivity index (χ3v) is 11.5. The number of halogens is 2. The van der Waals surface area contributed by atoms with Crippen LogP contribution in [0.1, 0.15) is 11.1 Å². The lowest BCUT2D eigenvalue weighted by Gasteiger charge is -2.09. The third kappa shape index (κ3) is 3.25. The Morgan fingerprint density at radius 3 is 2.29 bits per heavy atom. The topological polar surface area (TPSA) is 0 Å². The van der Waals surface area contributed by atoms with E-state index in [1.54, 1.807) is 0 Å². The second kappa shape index (κ2) is 6.89. The highest BCUT2D eigenvalue weighted by Crippen LogP contribution is 2.60. The van der Waals surface area contributed by atoms with Crippen LogP contribution in [0.3, 0.4) is 0 Å². The molecule has 0 radical (unpaired) electrons. The first-order chi connectivity index (χ1) is 10.2. The van der Waals surface area contributed by atoms with Crippen molar-refractivity contribution in [2.45, 2.75) is 0 Å². The normalized spacial score (nSPS) is 18.4. The lowest BCUT2D eigenvalue weighted by molar-refractivity contribution is 0.628. The van der Waals surface area contributed by atoms with Crippen LogP contribution < -0.4 is 0 Å². The van der Waals surface area contributed by atoms with Gasteiger partial charge in [-0.15, -0.1) is 11.8 Å². The standard InChI is InChI=1S/C16H12FIS3/c1-19-16-14(11-5-3-2-4-6-11)15(20-21(16)18)12-7-9-13(17)10-8-12/h2-10H,1H3. The molecule has 5 heteroatoms. The van der Waals surface area contributed by atoms with Crippen molar-refractivity contribution in [3.05, 3.63) is 71.5 Å². The molecule has 0 nitrogen and oxygen atoms in total. The van der Waals surface area contributed by atoms with E-state index in [2.05, 4.69) is 51.7 Å². The molecule has 1 heterocycles. The molecule has 0 amide bonds. The molecule has 0 bridgehead atoms. The van der Waals surface area contributed by atoms with E-state index < -0.39 is 0 Å². The van der Waals surface area contributed by atoms with E-state index in [0.29, 0.717) is 0 Å². The summed E-state index contributed by atoms with van der Waals surface area (Å²) in [6.07, 6.45) is 2.13. The van der Waals surface area contributed by atoms with Crippen LogP contribution in [0.25, 0.3) is 10.5 Å². The van der Waals surface area contributed by atoms with E-state index >= 15 is 0 Å². The maximum absolute atomic E-state index is 13.2. The third-order valence-electron chi connectivity index (χ3n) is 3.09. The van der Waals surface area contributed by atoms with Crippen molar-refractivity contribution in [2.24, 2.45) is 0 Å². The first kappa shape index (κ1) is 15.6. The highest BCUT2D eigenvalue weighted by molar-refractivity contribution is 14.2. The summed E-state index contributed by atoms with van der Waals surface area (Å²) in [7, 11) is 1.87. The average molecular weight is 446 g/mol. The number of benzene rings is 2. The molecule has 0 saturated carbocycles. The Balaban J connectivity index is 2.17. The van der Waals surface area contributed by atoms with Gasteiger partial charge in [-0.3, -0.25) is 0 Å². The molecule has 1 aliphatic heterocycles. The van der Waals surface area contributed by atoms with Crippen LogP contribution in [0.2, 0.25) is 0 Å². The Labute approximate surface area is 146 Å². The Morgan fingerprint density at radius 1 is 1.00 bits per heavy atom. The van der Waals surface area contributed by atoms with Crippen LogP contribution in [0, 0.1) is 5.82 Å². The number of hydrogen-bond donors (Lipinski definition) is 0. The second-order valence-corrected chi connectivity index (χ2v) is 12.8. The van der Waals surface area contributed by atoms with Crippen molar-refractivity contribution in [2.75, 3.05) is 6.26 Å². The zero-order valence-corrected chi connectivity index (χ0v) is 15.8. The monoisotopic (exact) mass is 446 g/mol. The zero-order valence-electron chi connectivity index (χ0n) is 11.2. The second-order valence-electron chi connectivity index (χ2n) is 4.38. The molecule has 21 heavy (non-hydrogen) atoms. The van der Waals surface area contributed by atoms with Gasteiger partial charge in [-0.1, -0.05) is 53.3 Å².